The van der Waals surface area contributed by atoms with Crippen LogP contribution >= 0.6 is 0 Å². The molecule has 4 aromatic rings. The molecule has 50 heavy (non-hydrogen) atoms. The SMILES string of the molecule is O=C(CO)N[C@H]1C[C@@H](n2cnc3c(N[C@H](CO)Cc4ccc(O)cc4)nc(N4CCC(NC(=O)NCc5cccc(O)c5)C4)nc32)[C@H](O)[C@@H]1O. The number of aliphatic hydroxyl groups is 4. The zero-order valence-corrected chi connectivity index (χ0v) is 27.1. The van der Waals surface area contributed by atoms with E-state index in [-0.39, 0.29) is 43.1 Å². The minimum Gasteiger partial charge on any atom is -0.508 e. The van der Waals surface area contributed by atoms with Gasteiger partial charge < -0.3 is 61.4 Å². The van der Waals surface area contributed by atoms with Crippen molar-refractivity contribution in [1.82, 2.24) is 35.5 Å². The normalized spacial score (nSPS) is 22.4. The number of nitrogens with zero attached hydrogens (tertiary/aromatic N) is 5. The van der Waals surface area contributed by atoms with Crippen molar-refractivity contribution >= 4 is 34.9 Å². The van der Waals surface area contributed by atoms with Crippen LogP contribution in [-0.2, 0) is 17.8 Å². The van der Waals surface area contributed by atoms with E-state index >= 15 is 0 Å². The summed E-state index contributed by atoms with van der Waals surface area (Å²) in [6.07, 6.45) is 0.0121. The van der Waals surface area contributed by atoms with Gasteiger partial charge >= 0.3 is 6.03 Å². The lowest BCUT2D eigenvalue weighted by molar-refractivity contribution is -0.125. The van der Waals surface area contributed by atoms with Gasteiger partial charge in [0, 0.05) is 25.7 Å². The van der Waals surface area contributed by atoms with Gasteiger partial charge in [-0.25, -0.2) is 9.78 Å². The van der Waals surface area contributed by atoms with Crippen LogP contribution in [0.25, 0.3) is 11.2 Å². The summed E-state index contributed by atoms with van der Waals surface area (Å²) in [5.74, 6) is 0.189. The van der Waals surface area contributed by atoms with Crippen molar-refractivity contribution in [2.24, 2.45) is 0 Å². The average Bonchev–Trinajstić information content (AvgIpc) is 3.82. The van der Waals surface area contributed by atoms with Crippen LogP contribution in [-0.4, -0.2) is 119 Å². The van der Waals surface area contributed by atoms with Crippen LogP contribution in [0.15, 0.2) is 54.9 Å². The largest absolute Gasteiger partial charge is 0.508 e. The van der Waals surface area contributed by atoms with E-state index in [2.05, 4.69) is 26.3 Å². The lowest BCUT2D eigenvalue weighted by Gasteiger charge is -2.22. The summed E-state index contributed by atoms with van der Waals surface area (Å²) in [7, 11) is 0. The number of amides is 3. The molecule has 17 heteroatoms. The summed E-state index contributed by atoms with van der Waals surface area (Å²) >= 11 is 0. The lowest BCUT2D eigenvalue weighted by Crippen LogP contribution is -2.44. The van der Waals surface area contributed by atoms with Crippen molar-refractivity contribution in [1.29, 1.82) is 0 Å². The van der Waals surface area contributed by atoms with Crippen LogP contribution in [0.1, 0.15) is 30.0 Å². The fraction of sp³-hybridized carbons (Fsp3) is 0.424. The monoisotopic (exact) mass is 691 g/mol. The first-order valence-electron chi connectivity index (χ1n) is 16.3. The number of fused-ring (bicyclic) bond motifs is 1. The van der Waals surface area contributed by atoms with Crippen LogP contribution in [0, 0.1) is 0 Å². The van der Waals surface area contributed by atoms with E-state index in [1.807, 2.05) is 4.90 Å². The van der Waals surface area contributed by atoms with E-state index in [1.165, 1.54) is 6.33 Å². The summed E-state index contributed by atoms with van der Waals surface area (Å²) in [6, 6.07) is 10.6. The van der Waals surface area contributed by atoms with Gasteiger partial charge in [0.25, 0.3) is 0 Å². The molecule has 1 unspecified atom stereocenters. The molecule has 3 amide bonds. The fourth-order valence-corrected chi connectivity index (χ4v) is 6.49. The Morgan fingerprint density at radius 3 is 2.50 bits per heavy atom. The van der Waals surface area contributed by atoms with Crippen molar-refractivity contribution < 1.29 is 40.2 Å². The zero-order valence-electron chi connectivity index (χ0n) is 27.1. The Labute approximate surface area is 286 Å². The van der Waals surface area contributed by atoms with E-state index in [9.17, 15) is 40.2 Å². The molecule has 2 aromatic heterocycles. The van der Waals surface area contributed by atoms with Gasteiger partial charge in [-0.05, 0) is 54.7 Å². The highest BCUT2D eigenvalue weighted by molar-refractivity contribution is 5.85. The molecular weight excluding hydrogens is 650 g/mol. The van der Waals surface area contributed by atoms with E-state index in [1.54, 1.807) is 53.1 Å². The van der Waals surface area contributed by atoms with Gasteiger partial charge in [0.15, 0.2) is 17.0 Å². The second-order valence-corrected chi connectivity index (χ2v) is 12.6. The van der Waals surface area contributed by atoms with Crippen LogP contribution in [0.2, 0.25) is 0 Å². The molecule has 0 spiro atoms. The molecular formula is C33H41N9O8. The molecule has 0 radical (unpaired) electrons. The lowest BCUT2D eigenvalue weighted by atomic mass is 10.1. The minimum atomic E-state index is -1.31. The molecule has 1 aliphatic carbocycles. The third-order valence-corrected chi connectivity index (χ3v) is 9.06. The molecule has 266 valence electrons. The standard InChI is InChI=1S/C33H41N9O8/c43-15-21(10-18-4-6-22(45)7-5-18)36-30-27-31(42(17-35-27)25-12-24(28(48)29(25)49)38-26(47)16-44)40-32(39-30)41-9-8-20(14-41)37-33(50)34-13-19-2-1-3-23(46)11-19/h1-7,11,17,20-21,24-25,28-29,43-46,48-49H,8-10,12-16H2,(H,38,47)(H2,34,37,50)(H,36,39,40)/t20?,21-,24-,25+,28+,29-/m0/s1. The molecule has 10 N–H and O–H groups in total. The number of urea groups is 1. The maximum atomic E-state index is 12.7. The number of aromatic hydroxyl groups is 2. The van der Waals surface area contributed by atoms with Gasteiger partial charge in [-0.3, -0.25) is 4.79 Å². The van der Waals surface area contributed by atoms with Gasteiger partial charge in [0.05, 0.1) is 31.1 Å². The molecule has 1 aliphatic heterocycles. The number of nitrogens with one attached hydrogen (secondary N) is 4. The molecule has 6 atom stereocenters. The topological polar surface area (TPSA) is 250 Å². The number of carbonyl (C=O) groups excluding carboxylic acids is 2. The van der Waals surface area contributed by atoms with Gasteiger partial charge in [0.1, 0.15) is 30.3 Å². The summed E-state index contributed by atoms with van der Waals surface area (Å²) in [5, 5.41) is 72.2. The number of hydrogen-bond donors (Lipinski definition) is 10. The Hall–Kier alpha value is -5.23. The van der Waals surface area contributed by atoms with Crippen molar-refractivity contribution in [2.45, 2.75) is 62.2 Å². The minimum absolute atomic E-state index is 0.112. The average molecular weight is 692 g/mol. The maximum Gasteiger partial charge on any atom is 0.315 e. The quantitative estimate of drug-likeness (QED) is 0.0899. The van der Waals surface area contributed by atoms with Gasteiger partial charge in [-0.1, -0.05) is 24.3 Å². The first-order valence-corrected chi connectivity index (χ1v) is 16.3. The van der Waals surface area contributed by atoms with Crippen LogP contribution < -0.4 is 26.2 Å². The second-order valence-electron chi connectivity index (χ2n) is 12.6. The third-order valence-electron chi connectivity index (χ3n) is 9.06. The number of phenols is 2. The van der Waals surface area contributed by atoms with Crippen LogP contribution in [0.3, 0.4) is 0 Å². The Morgan fingerprint density at radius 1 is 0.960 bits per heavy atom. The highest BCUT2D eigenvalue weighted by Crippen LogP contribution is 2.35. The predicted molar refractivity (Wildman–Crippen MR) is 180 cm³/mol. The van der Waals surface area contributed by atoms with Gasteiger partial charge in [-0.15, -0.1) is 0 Å². The number of carbonyl (C=O) groups is 2. The number of aromatic nitrogens is 4. The van der Waals surface area contributed by atoms with Crippen molar-refractivity contribution in [3.05, 3.63) is 66.0 Å². The molecule has 1 saturated carbocycles. The second kappa shape index (κ2) is 15.1. The number of phenolic OH excluding ortho intramolecular Hbond substituents is 2. The number of anilines is 2. The summed E-state index contributed by atoms with van der Waals surface area (Å²) in [6.45, 7) is 0.112. The summed E-state index contributed by atoms with van der Waals surface area (Å²) in [5.41, 5.74) is 2.30. The Bertz CT molecular complexity index is 1810. The van der Waals surface area contributed by atoms with E-state index in [0.29, 0.717) is 48.9 Å². The number of aliphatic hydroxyl groups excluding tert-OH is 4. The molecule has 6 rings (SSSR count). The van der Waals surface area contributed by atoms with E-state index < -0.39 is 42.8 Å². The molecule has 2 aromatic carbocycles. The zero-order chi connectivity index (χ0) is 35.4. The molecule has 0 bridgehead atoms. The van der Waals surface area contributed by atoms with Crippen molar-refractivity contribution in [2.75, 3.05) is 36.5 Å². The predicted octanol–water partition coefficient (Wildman–Crippen LogP) is -0.525. The van der Waals surface area contributed by atoms with E-state index in [0.717, 1.165) is 11.1 Å². The highest BCUT2D eigenvalue weighted by atomic mass is 16.3. The smallest absolute Gasteiger partial charge is 0.315 e. The van der Waals surface area contributed by atoms with Crippen LogP contribution in [0.5, 0.6) is 11.5 Å². The maximum absolute atomic E-state index is 12.7. The highest BCUT2D eigenvalue weighted by Gasteiger charge is 2.44. The van der Waals surface area contributed by atoms with Crippen LogP contribution in [0.4, 0.5) is 16.6 Å². The van der Waals surface area contributed by atoms with E-state index in [4.69, 9.17) is 9.97 Å². The fourth-order valence-electron chi connectivity index (χ4n) is 6.49. The molecule has 17 nitrogen and oxygen atoms in total. The first kappa shape index (κ1) is 34.6. The molecule has 2 aliphatic rings. The third kappa shape index (κ3) is 7.81. The molecule has 1 saturated heterocycles. The van der Waals surface area contributed by atoms with Gasteiger partial charge in [0.2, 0.25) is 11.9 Å². The number of benzene rings is 2. The number of hydrogen-bond acceptors (Lipinski definition) is 13. The Balaban J connectivity index is 1.24. The summed E-state index contributed by atoms with van der Waals surface area (Å²) in [4.78, 5) is 40.6. The molecule has 2 fully saturated rings. The number of rotatable bonds is 12. The van der Waals surface area contributed by atoms with Gasteiger partial charge in [-0.2, -0.15) is 9.97 Å². The first-order chi connectivity index (χ1) is 24.1. The molecule has 3 heterocycles. The summed E-state index contributed by atoms with van der Waals surface area (Å²) < 4.78 is 1.62. The van der Waals surface area contributed by atoms with Crippen molar-refractivity contribution in [3.63, 3.8) is 0 Å². The van der Waals surface area contributed by atoms with Crippen molar-refractivity contribution in [3.8, 4) is 11.5 Å². The Kier molecular flexibility index (Phi) is 10.5. The number of imidazole rings is 1. The Morgan fingerprint density at radius 2 is 1.76 bits per heavy atom.